The highest BCUT2D eigenvalue weighted by Crippen LogP contribution is 2.21. The van der Waals surface area contributed by atoms with Crippen molar-refractivity contribution in [1.29, 1.82) is 0 Å². The van der Waals surface area contributed by atoms with Crippen LogP contribution in [-0.4, -0.2) is 22.1 Å². The molecule has 3 rings (SSSR count). The van der Waals surface area contributed by atoms with Crippen LogP contribution in [0.1, 0.15) is 31.2 Å². The van der Waals surface area contributed by atoms with Gasteiger partial charge in [0.25, 0.3) is 0 Å². The van der Waals surface area contributed by atoms with E-state index in [9.17, 15) is 9.18 Å². The van der Waals surface area contributed by atoms with E-state index < -0.39 is 0 Å². The van der Waals surface area contributed by atoms with E-state index in [-0.39, 0.29) is 18.1 Å². The molecule has 0 atom stereocenters. The normalized spacial score (nSPS) is 14.7. The van der Waals surface area contributed by atoms with Gasteiger partial charge in [-0.25, -0.2) is 4.39 Å². The number of carbonyl (C=O) groups excluding carboxylic acids is 1. The van der Waals surface area contributed by atoms with Crippen LogP contribution in [0, 0.1) is 5.82 Å². The average molecular weight is 314 g/mol. The summed E-state index contributed by atoms with van der Waals surface area (Å²) >= 11 is 0. The van der Waals surface area contributed by atoms with Gasteiger partial charge in [-0.15, -0.1) is 10.2 Å². The summed E-state index contributed by atoms with van der Waals surface area (Å²) in [6.07, 6.45) is 4.77. The number of aromatic nitrogens is 2. The molecule has 1 aromatic heterocycles. The predicted molar refractivity (Wildman–Crippen MR) is 86.6 cm³/mol. The van der Waals surface area contributed by atoms with E-state index in [1.165, 1.54) is 18.9 Å². The van der Waals surface area contributed by atoms with Crippen LogP contribution in [0.3, 0.4) is 0 Å². The Hall–Kier alpha value is -2.50. The lowest BCUT2D eigenvalue weighted by molar-refractivity contribution is -0.115. The molecule has 1 aliphatic rings. The molecule has 1 heterocycles. The number of carbonyl (C=O) groups is 1. The van der Waals surface area contributed by atoms with Gasteiger partial charge in [0, 0.05) is 6.04 Å². The summed E-state index contributed by atoms with van der Waals surface area (Å²) in [4.78, 5) is 11.9. The summed E-state index contributed by atoms with van der Waals surface area (Å²) in [5, 5.41) is 14.0. The van der Waals surface area contributed by atoms with Crippen LogP contribution in [0.15, 0.2) is 36.4 Å². The molecule has 0 spiro atoms. The molecule has 1 aliphatic carbocycles. The monoisotopic (exact) mass is 314 g/mol. The van der Waals surface area contributed by atoms with E-state index in [0.29, 0.717) is 23.2 Å². The zero-order valence-electron chi connectivity index (χ0n) is 12.8. The van der Waals surface area contributed by atoms with Crippen LogP contribution in [0.25, 0.3) is 0 Å². The topological polar surface area (TPSA) is 66.9 Å². The molecule has 2 N–H and O–H groups in total. The number of hydrogen-bond acceptors (Lipinski definition) is 4. The third-order valence-electron chi connectivity index (χ3n) is 3.95. The van der Waals surface area contributed by atoms with Gasteiger partial charge in [0.1, 0.15) is 11.6 Å². The number of benzene rings is 1. The fraction of sp³-hybridized carbons (Fsp3) is 0.353. The summed E-state index contributed by atoms with van der Waals surface area (Å²) in [5.74, 6) is 0.373. The molecule has 6 heteroatoms. The molecule has 0 aliphatic heterocycles. The molecule has 1 saturated carbocycles. The summed E-state index contributed by atoms with van der Waals surface area (Å²) < 4.78 is 13.5. The summed E-state index contributed by atoms with van der Waals surface area (Å²) in [6, 6.07) is 10.2. The fourth-order valence-corrected chi connectivity index (χ4v) is 2.76. The Morgan fingerprint density at radius 3 is 2.48 bits per heavy atom. The third-order valence-corrected chi connectivity index (χ3v) is 3.95. The van der Waals surface area contributed by atoms with Crippen molar-refractivity contribution in [2.45, 2.75) is 38.1 Å². The van der Waals surface area contributed by atoms with Gasteiger partial charge in [0.05, 0.1) is 6.42 Å². The number of hydrogen-bond donors (Lipinski definition) is 2. The Bertz CT molecular complexity index is 669. The van der Waals surface area contributed by atoms with Gasteiger partial charge in [-0.05, 0) is 36.6 Å². The van der Waals surface area contributed by atoms with Crippen molar-refractivity contribution in [2.24, 2.45) is 0 Å². The van der Waals surface area contributed by atoms with Crippen molar-refractivity contribution >= 4 is 17.5 Å². The van der Waals surface area contributed by atoms with Crippen LogP contribution in [0.2, 0.25) is 0 Å². The lowest BCUT2D eigenvalue weighted by Crippen LogP contribution is -2.18. The van der Waals surface area contributed by atoms with E-state index >= 15 is 0 Å². The smallest absolute Gasteiger partial charge is 0.230 e. The van der Waals surface area contributed by atoms with Crippen molar-refractivity contribution in [3.63, 3.8) is 0 Å². The highest BCUT2D eigenvalue weighted by molar-refractivity contribution is 5.91. The quantitative estimate of drug-likeness (QED) is 0.889. The van der Waals surface area contributed by atoms with E-state index in [2.05, 4.69) is 20.8 Å². The SMILES string of the molecule is O=C(Cc1ccccc1F)Nc1ccc(NC2CCCC2)nn1. The van der Waals surface area contributed by atoms with Crippen LogP contribution >= 0.6 is 0 Å². The number of nitrogens with zero attached hydrogens (tertiary/aromatic N) is 2. The highest BCUT2D eigenvalue weighted by Gasteiger charge is 2.15. The molecule has 0 radical (unpaired) electrons. The van der Waals surface area contributed by atoms with E-state index in [1.54, 1.807) is 30.3 Å². The van der Waals surface area contributed by atoms with Crippen LogP contribution < -0.4 is 10.6 Å². The lowest BCUT2D eigenvalue weighted by Gasteiger charge is -2.12. The van der Waals surface area contributed by atoms with Crippen molar-refractivity contribution < 1.29 is 9.18 Å². The second kappa shape index (κ2) is 7.17. The largest absolute Gasteiger partial charge is 0.366 e. The molecule has 0 saturated heterocycles. The highest BCUT2D eigenvalue weighted by atomic mass is 19.1. The molecule has 1 fully saturated rings. The predicted octanol–water partition coefficient (Wildman–Crippen LogP) is 3.15. The van der Waals surface area contributed by atoms with Crippen molar-refractivity contribution in [3.05, 3.63) is 47.8 Å². The lowest BCUT2D eigenvalue weighted by atomic mass is 10.1. The first kappa shape index (κ1) is 15.4. The molecular weight excluding hydrogens is 295 g/mol. The molecular formula is C17H19FN4O. The van der Waals surface area contributed by atoms with Gasteiger partial charge in [-0.2, -0.15) is 0 Å². The molecule has 23 heavy (non-hydrogen) atoms. The standard InChI is InChI=1S/C17H19FN4O/c18-14-8-4-1-5-12(14)11-17(23)20-16-10-9-15(21-22-16)19-13-6-2-3-7-13/h1,4-5,8-10,13H,2-3,6-7,11H2,(H,19,21)(H,20,22,23). The van der Waals surface area contributed by atoms with Crippen molar-refractivity contribution in [1.82, 2.24) is 10.2 Å². The Labute approximate surface area is 134 Å². The summed E-state index contributed by atoms with van der Waals surface area (Å²) in [5.41, 5.74) is 0.359. The van der Waals surface area contributed by atoms with Gasteiger partial charge >= 0.3 is 0 Å². The maximum Gasteiger partial charge on any atom is 0.230 e. The number of halogens is 1. The first-order chi connectivity index (χ1) is 11.2. The van der Waals surface area contributed by atoms with E-state index in [0.717, 1.165) is 12.8 Å². The molecule has 2 aromatic rings. The number of rotatable bonds is 5. The minimum atomic E-state index is -0.384. The van der Waals surface area contributed by atoms with Crippen molar-refractivity contribution in [3.8, 4) is 0 Å². The Morgan fingerprint density at radius 1 is 1.09 bits per heavy atom. The minimum absolute atomic E-state index is 0.0313. The fourth-order valence-electron chi connectivity index (χ4n) is 2.76. The van der Waals surface area contributed by atoms with Crippen LogP contribution in [-0.2, 0) is 11.2 Å². The zero-order valence-corrected chi connectivity index (χ0v) is 12.8. The Balaban J connectivity index is 1.55. The van der Waals surface area contributed by atoms with E-state index in [4.69, 9.17) is 0 Å². The molecule has 5 nitrogen and oxygen atoms in total. The van der Waals surface area contributed by atoms with Gasteiger partial charge in [-0.1, -0.05) is 31.0 Å². The Morgan fingerprint density at radius 2 is 1.78 bits per heavy atom. The Kier molecular flexibility index (Phi) is 4.80. The number of anilines is 2. The summed E-state index contributed by atoms with van der Waals surface area (Å²) in [7, 11) is 0. The minimum Gasteiger partial charge on any atom is -0.366 e. The average Bonchev–Trinajstić information content (AvgIpc) is 3.04. The number of amides is 1. The molecule has 1 amide bonds. The van der Waals surface area contributed by atoms with Gasteiger partial charge in [0.2, 0.25) is 5.91 Å². The second-order valence-electron chi connectivity index (χ2n) is 5.75. The van der Waals surface area contributed by atoms with Crippen LogP contribution in [0.4, 0.5) is 16.0 Å². The maximum absolute atomic E-state index is 13.5. The second-order valence-corrected chi connectivity index (χ2v) is 5.75. The molecule has 120 valence electrons. The third kappa shape index (κ3) is 4.25. The first-order valence-corrected chi connectivity index (χ1v) is 7.84. The van der Waals surface area contributed by atoms with Crippen molar-refractivity contribution in [2.75, 3.05) is 10.6 Å². The zero-order chi connectivity index (χ0) is 16.1. The van der Waals surface area contributed by atoms with Gasteiger partial charge in [-0.3, -0.25) is 4.79 Å². The summed E-state index contributed by atoms with van der Waals surface area (Å²) in [6.45, 7) is 0. The van der Waals surface area contributed by atoms with Crippen LogP contribution in [0.5, 0.6) is 0 Å². The maximum atomic E-state index is 13.5. The van der Waals surface area contributed by atoms with E-state index in [1.807, 2.05) is 0 Å². The van der Waals surface area contributed by atoms with Gasteiger partial charge in [0.15, 0.2) is 5.82 Å². The molecule has 1 aromatic carbocycles. The molecule has 0 unspecified atom stereocenters. The number of nitrogens with one attached hydrogen (secondary N) is 2. The molecule has 0 bridgehead atoms. The first-order valence-electron chi connectivity index (χ1n) is 7.84. The van der Waals surface area contributed by atoms with Gasteiger partial charge < -0.3 is 10.6 Å².